The van der Waals surface area contributed by atoms with Crippen LogP contribution in [0.15, 0.2) is 66.7 Å². The smallest absolute Gasteiger partial charge is 0.161 e. The molecule has 0 heterocycles. The number of aliphatic hydroxyl groups is 1. The fraction of sp³-hybridized carbons (Fsp3) is 0.280. The average Bonchev–Trinajstić information content (AvgIpc) is 2.82. The lowest BCUT2D eigenvalue weighted by atomic mass is 9.98. The molecule has 1 unspecified atom stereocenters. The van der Waals surface area contributed by atoms with Crippen LogP contribution in [0.1, 0.15) is 17.2 Å². The highest BCUT2D eigenvalue weighted by Crippen LogP contribution is 2.31. The number of nitrogen functional groups attached to an aromatic ring is 2. The van der Waals surface area contributed by atoms with Gasteiger partial charge >= 0.3 is 0 Å². The molecule has 6 N–H and O–H groups in total. The quantitative estimate of drug-likeness (QED) is 0.341. The van der Waals surface area contributed by atoms with Crippen molar-refractivity contribution in [1.29, 1.82) is 0 Å². The van der Waals surface area contributed by atoms with Gasteiger partial charge in [-0.3, -0.25) is 0 Å². The molecule has 0 amide bonds. The van der Waals surface area contributed by atoms with Crippen LogP contribution < -0.4 is 31.0 Å². The van der Waals surface area contributed by atoms with E-state index in [1.165, 1.54) is 5.56 Å². The molecule has 0 radical (unpaired) electrons. The molecular weight excluding hydrogens is 406 g/mol. The predicted molar refractivity (Wildman–Crippen MR) is 127 cm³/mol. The van der Waals surface area contributed by atoms with Gasteiger partial charge in [0.25, 0.3) is 0 Å². The molecule has 0 aromatic heterocycles. The van der Waals surface area contributed by atoms with Crippen LogP contribution in [0.3, 0.4) is 0 Å². The Bertz CT molecular complexity index is 998. The zero-order chi connectivity index (χ0) is 22.9. The number of aliphatic hydroxyl groups excluding tert-OH is 1. The Kier molecular flexibility index (Phi) is 8.19. The number of benzene rings is 3. The number of ether oxygens (including phenoxy) is 3. The van der Waals surface area contributed by atoms with E-state index in [1.807, 2.05) is 36.4 Å². The van der Waals surface area contributed by atoms with Crippen molar-refractivity contribution in [2.45, 2.75) is 18.6 Å². The molecule has 32 heavy (non-hydrogen) atoms. The van der Waals surface area contributed by atoms with Gasteiger partial charge in [0.15, 0.2) is 11.5 Å². The zero-order valence-electron chi connectivity index (χ0n) is 18.5. The van der Waals surface area contributed by atoms with Crippen molar-refractivity contribution in [3.63, 3.8) is 0 Å². The number of hydrogen-bond donors (Lipinski definition) is 4. The summed E-state index contributed by atoms with van der Waals surface area (Å²) in [5.74, 6) is 1.90. The van der Waals surface area contributed by atoms with Gasteiger partial charge in [-0.1, -0.05) is 36.4 Å². The molecule has 0 aliphatic rings. The van der Waals surface area contributed by atoms with Crippen LogP contribution in [0.4, 0.5) is 11.4 Å². The third-order valence-electron chi connectivity index (χ3n) is 5.19. The molecule has 0 bridgehead atoms. The number of anilines is 2. The second kappa shape index (κ2) is 11.3. The highest BCUT2D eigenvalue weighted by atomic mass is 16.5. The summed E-state index contributed by atoms with van der Waals surface area (Å²) in [5, 5.41) is 13.9. The monoisotopic (exact) mass is 437 g/mol. The summed E-state index contributed by atoms with van der Waals surface area (Å²) in [6.45, 7) is 0.469. The topological polar surface area (TPSA) is 112 Å². The molecule has 2 atom stereocenters. The maximum Gasteiger partial charge on any atom is 0.161 e. The fourth-order valence-electron chi connectivity index (χ4n) is 3.40. The van der Waals surface area contributed by atoms with E-state index in [4.69, 9.17) is 25.7 Å². The Morgan fingerprint density at radius 1 is 0.875 bits per heavy atom. The third-order valence-corrected chi connectivity index (χ3v) is 5.19. The minimum absolute atomic E-state index is 0.0426. The Hall–Kier alpha value is -3.42. The van der Waals surface area contributed by atoms with Crippen LogP contribution in [0.2, 0.25) is 0 Å². The molecular formula is C25H31N3O4. The van der Waals surface area contributed by atoms with Gasteiger partial charge in [-0.25, -0.2) is 0 Å². The highest BCUT2D eigenvalue weighted by Gasteiger charge is 2.17. The Labute approximate surface area is 188 Å². The molecule has 7 nitrogen and oxygen atoms in total. The van der Waals surface area contributed by atoms with E-state index in [9.17, 15) is 5.11 Å². The lowest BCUT2D eigenvalue weighted by Gasteiger charge is -2.23. The van der Waals surface area contributed by atoms with Crippen molar-refractivity contribution in [2.24, 2.45) is 0 Å². The molecule has 3 aromatic carbocycles. The minimum atomic E-state index is -0.716. The summed E-state index contributed by atoms with van der Waals surface area (Å²) in [4.78, 5) is 0. The van der Waals surface area contributed by atoms with E-state index in [0.717, 1.165) is 12.0 Å². The van der Waals surface area contributed by atoms with Crippen LogP contribution in [-0.2, 0) is 6.42 Å². The minimum Gasteiger partial charge on any atom is -0.493 e. The second-order valence-corrected chi connectivity index (χ2v) is 7.52. The number of methoxy groups -OCH3 is 2. The summed E-state index contributed by atoms with van der Waals surface area (Å²) >= 11 is 0. The fourth-order valence-corrected chi connectivity index (χ4v) is 3.40. The van der Waals surface area contributed by atoms with Crippen LogP contribution in [0.25, 0.3) is 0 Å². The van der Waals surface area contributed by atoms with E-state index >= 15 is 0 Å². The van der Waals surface area contributed by atoms with Crippen LogP contribution in [-0.4, -0.2) is 38.6 Å². The molecule has 0 aliphatic heterocycles. The maximum absolute atomic E-state index is 10.5. The van der Waals surface area contributed by atoms with Crippen LogP contribution in [0, 0.1) is 0 Å². The van der Waals surface area contributed by atoms with E-state index in [1.54, 1.807) is 32.4 Å². The first kappa shape index (κ1) is 23.2. The largest absolute Gasteiger partial charge is 0.493 e. The van der Waals surface area contributed by atoms with Crippen molar-refractivity contribution in [1.82, 2.24) is 5.32 Å². The molecule has 0 fully saturated rings. The van der Waals surface area contributed by atoms with Gasteiger partial charge in [-0.05, 0) is 41.8 Å². The van der Waals surface area contributed by atoms with Crippen LogP contribution in [0.5, 0.6) is 17.2 Å². The van der Waals surface area contributed by atoms with Crippen molar-refractivity contribution < 1.29 is 19.3 Å². The van der Waals surface area contributed by atoms with Gasteiger partial charge in [0, 0.05) is 18.7 Å². The SMILES string of the molecule is COc1ccc(C(Cc2ccccc2)NC[C@H](O)COc2ccc(N)c(N)c2)cc1OC. The molecule has 170 valence electrons. The lowest BCUT2D eigenvalue weighted by molar-refractivity contribution is 0.103. The number of nitrogens with two attached hydrogens (primary N) is 2. The van der Waals surface area contributed by atoms with Crippen molar-refractivity contribution in [2.75, 3.05) is 38.8 Å². The molecule has 0 saturated carbocycles. The van der Waals surface area contributed by atoms with E-state index in [2.05, 4.69) is 17.4 Å². The molecule has 7 heteroatoms. The van der Waals surface area contributed by atoms with Gasteiger partial charge in [0.05, 0.1) is 25.6 Å². The second-order valence-electron chi connectivity index (χ2n) is 7.52. The Balaban J connectivity index is 1.67. The van der Waals surface area contributed by atoms with E-state index < -0.39 is 6.10 Å². The molecule has 3 aromatic rings. The third kappa shape index (κ3) is 6.29. The molecule has 3 rings (SSSR count). The van der Waals surface area contributed by atoms with Crippen molar-refractivity contribution in [3.05, 3.63) is 77.9 Å². The van der Waals surface area contributed by atoms with Gasteiger partial charge in [0.2, 0.25) is 0 Å². The first-order chi connectivity index (χ1) is 15.5. The summed E-state index contributed by atoms with van der Waals surface area (Å²) in [5.41, 5.74) is 14.7. The normalized spacial score (nSPS) is 12.7. The average molecular weight is 438 g/mol. The maximum atomic E-state index is 10.5. The molecule has 0 spiro atoms. The van der Waals surface area contributed by atoms with E-state index in [-0.39, 0.29) is 12.6 Å². The summed E-state index contributed by atoms with van der Waals surface area (Å²) in [6.07, 6.45) is 0.0328. The highest BCUT2D eigenvalue weighted by molar-refractivity contribution is 5.65. The van der Waals surface area contributed by atoms with Gasteiger partial charge in [0.1, 0.15) is 18.5 Å². The van der Waals surface area contributed by atoms with Gasteiger partial charge < -0.3 is 36.1 Å². The van der Waals surface area contributed by atoms with Gasteiger partial charge in [-0.2, -0.15) is 0 Å². The summed E-state index contributed by atoms with van der Waals surface area (Å²) in [7, 11) is 3.23. The van der Waals surface area contributed by atoms with Crippen molar-refractivity contribution >= 4 is 11.4 Å². The summed E-state index contributed by atoms with van der Waals surface area (Å²) < 4.78 is 16.5. The molecule has 0 saturated heterocycles. The Morgan fingerprint density at radius 3 is 2.31 bits per heavy atom. The summed E-state index contributed by atoms with van der Waals surface area (Å²) in [6, 6.07) is 21.1. The van der Waals surface area contributed by atoms with Gasteiger partial charge in [-0.15, -0.1) is 0 Å². The number of nitrogens with one attached hydrogen (secondary N) is 1. The van der Waals surface area contributed by atoms with Crippen molar-refractivity contribution in [3.8, 4) is 17.2 Å². The molecule has 0 aliphatic carbocycles. The lowest BCUT2D eigenvalue weighted by Crippen LogP contribution is -2.34. The van der Waals surface area contributed by atoms with E-state index in [0.29, 0.717) is 35.2 Å². The Morgan fingerprint density at radius 2 is 1.62 bits per heavy atom. The predicted octanol–water partition coefficient (Wildman–Crippen LogP) is 3.18. The first-order valence-corrected chi connectivity index (χ1v) is 10.4. The number of rotatable bonds is 11. The number of hydrogen-bond acceptors (Lipinski definition) is 7. The van der Waals surface area contributed by atoms with Crippen LogP contribution >= 0.6 is 0 Å². The first-order valence-electron chi connectivity index (χ1n) is 10.4. The standard InChI is InChI=1S/C25H31N3O4/c1-30-24-11-8-18(13-25(24)31-2)23(12-17-6-4-3-5-7-17)28-15-19(29)16-32-20-9-10-21(26)22(27)14-20/h3-11,13-14,19,23,28-29H,12,15-16,26-27H2,1-2H3/t19-,23?/m0/s1. The zero-order valence-corrected chi connectivity index (χ0v) is 18.5.